The summed E-state index contributed by atoms with van der Waals surface area (Å²) in [5.41, 5.74) is 5.96. The van der Waals surface area contributed by atoms with Gasteiger partial charge in [0.25, 0.3) is 0 Å². The van der Waals surface area contributed by atoms with Crippen LogP contribution in [0.15, 0.2) is 36.4 Å². The van der Waals surface area contributed by atoms with Gasteiger partial charge >= 0.3 is 0 Å². The summed E-state index contributed by atoms with van der Waals surface area (Å²) in [6.07, 6.45) is 0. The molecule has 2 aromatic rings. The van der Waals surface area contributed by atoms with Gasteiger partial charge in [0.2, 0.25) is 0 Å². The summed E-state index contributed by atoms with van der Waals surface area (Å²) in [5, 5.41) is 0. The first-order valence-corrected chi connectivity index (χ1v) is 5.23. The zero-order chi connectivity index (χ0) is 13.3. The third-order valence-electron chi connectivity index (χ3n) is 2.64. The fourth-order valence-corrected chi connectivity index (χ4v) is 1.62. The van der Waals surface area contributed by atoms with E-state index in [-0.39, 0.29) is 11.4 Å². The molecule has 2 aromatic carbocycles. The number of anilines is 3. The molecule has 0 atom stereocenters. The molecular formula is C13H11F3N2. The minimum absolute atomic E-state index is 0.0201. The molecule has 0 aliphatic carbocycles. The number of nitrogens with zero attached hydrogens (tertiary/aromatic N) is 1. The van der Waals surface area contributed by atoms with E-state index in [1.165, 1.54) is 23.1 Å². The van der Waals surface area contributed by atoms with E-state index in [0.29, 0.717) is 5.69 Å². The van der Waals surface area contributed by atoms with Crippen molar-refractivity contribution >= 4 is 17.1 Å². The molecule has 0 aliphatic rings. The second-order valence-electron chi connectivity index (χ2n) is 3.86. The topological polar surface area (TPSA) is 29.3 Å². The summed E-state index contributed by atoms with van der Waals surface area (Å²) in [7, 11) is 1.56. The lowest BCUT2D eigenvalue weighted by atomic mass is 10.2. The maximum atomic E-state index is 13.6. The molecule has 0 heterocycles. The number of nitrogen functional groups attached to an aromatic ring is 1. The molecule has 94 valence electrons. The van der Waals surface area contributed by atoms with Gasteiger partial charge in [-0.1, -0.05) is 0 Å². The van der Waals surface area contributed by atoms with Crippen LogP contribution in [0.4, 0.5) is 30.2 Å². The molecule has 0 aliphatic heterocycles. The molecule has 0 spiro atoms. The predicted molar refractivity (Wildman–Crippen MR) is 65.2 cm³/mol. The smallest absolute Gasteiger partial charge is 0.149 e. The normalized spacial score (nSPS) is 10.4. The van der Waals surface area contributed by atoms with E-state index < -0.39 is 17.5 Å². The molecule has 0 amide bonds. The van der Waals surface area contributed by atoms with Gasteiger partial charge < -0.3 is 10.6 Å². The third-order valence-corrected chi connectivity index (χ3v) is 2.64. The quantitative estimate of drug-likeness (QED) is 0.829. The van der Waals surface area contributed by atoms with Crippen LogP contribution in [0.2, 0.25) is 0 Å². The third kappa shape index (κ3) is 2.25. The van der Waals surface area contributed by atoms with Gasteiger partial charge in [-0.15, -0.1) is 0 Å². The van der Waals surface area contributed by atoms with E-state index >= 15 is 0 Å². The van der Waals surface area contributed by atoms with Crippen molar-refractivity contribution < 1.29 is 13.2 Å². The first kappa shape index (κ1) is 12.3. The van der Waals surface area contributed by atoms with Crippen LogP contribution in [-0.4, -0.2) is 7.05 Å². The Bertz CT molecular complexity index is 584. The van der Waals surface area contributed by atoms with Crippen molar-refractivity contribution in [1.29, 1.82) is 0 Å². The summed E-state index contributed by atoms with van der Waals surface area (Å²) >= 11 is 0. The Morgan fingerprint density at radius 2 is 1.67 bits per heavy atom. The Morgan fingerprint density at radius 3 is 2.28 bits per heavy atom. The molecule has 0 saturated carbocycles. The molecule has 0 bridgehead atoms. The Hall–Kier alpha value is -2.17. The molecule has 0 unspecified atom stereocenters. The van der Waals surface area contributed by atoms with Gasteiger partial charge in [-0.3, -0.25) is 0 Å². The fourth-order valence-electron chi connectivity index (χ4n) is 1.62. The van der Waals surface area contributed by atoms with E-state index in [9.17, 15) is 13.2 Å². The zero-order valence-corrected chi connectivity index (χ0v) is 9.62. The number of hydrogen-bond acceptors (Lipinski definition) is 2. The average molecular weight is 252 g/mol. The van der Waals surface area contributed by atoms with Crippen LogP contribution < -0.4 is 10.6 Å². The van der Waals surface area contributed by atoms with Gasteiger partial charge in [-0.25, -0.2) is 13.2 Å². The maximum absolute atomic E-state index is 13.6. The van der Waals surface area contributed by atoms with E-state index in [1.807, 2.05) is 0 Å². The van der Waals surface area contributed by atoms with Crippen molar-refractivity contribution in [1.82, 2.24) is 0 Å². The monoisotopic (exact) mass is 252 g/mol. The Morgan fingerprint density at radius 1 is 0.944 bits per heavy atom. The van der Waals surface area contributed by atoms with Crippen LogP contribution in [0.5, 0.6) is 0 Å². The molecule has 0 aromatic heterocycles. The van der Waals surface area contributed by atoms with Crippen LogP contribution in [0.1, 0.15) is 0 Å². The Kier molecular flexibility index (Phi) is 3.14. The van der Waals surface area contributed by atoms with Crippen molar-refractivity contribution in [2.45, 2.75) is 0 Å². The SMILES string of the molecule is CN(c1ccc(N)c(F)c1)c1ccc(F)cc1F. The van der Waals surface area contributed by atoms with Gasteiger partial charge in [-0.05, 0) is 30.3 Å². The van der Waals surface area contributed by atoms with Crippen molar-refractivity contribution in [3.05, 3.63) is 53.8 Å². The average Bonchev–Trinajstić information content (AvgIpc) is 2.32. The number of rotatable bonds is 2. The van der Waals surface area contributed by atoms with Crippen molar-refractivity contribution in [2.75, 3.05) is 17.7 Å². The summed E-state index contributed by atoms with van der Waals surface area (Å²) in [5.74, 6) is -1.95. The van der Waals surface area contributed by atoms with Gasteiger partial charge in [0.15, 0.2) is 0 Å². The summed E-state index contributed by atoms with van der Waals surface area (Å²) in [6, 6.07) is 7.35. The lowest BCUT2D eigenvalue weighted by Gasteiger charge is -2.20. The van der Waals surface area contributed by atoms with Gasteiger partial charge in [0, 0.05) is 18.8 Å². The highest BCUT2D eigenvalue weighted by Gasteiger charge is 2.11. The second kappa shape index (κ2) is 4.60. The van der Waals surface area contributed by atoms with Crippen LogP contribution >= 0.6 is 0 Å². The fraction of sp³-hybridized carbons (Fsp3) is 0.0769. The van der Waals surface area contributed by atoms with Crippen LogP contribution in [0, 0.1) is 17.5 Å². The maximum Gasteiger partial charge on any atom is 0.149 e. The summed E-state index contributed by atoms with van der Waals surface area (Å²) in [6.45, 7) is 0. The van der Waals surface area contributed by atoms with E-state index in [1.54, 1.807) is 13.1 Å². The van der Waals surface area contributed by atoms with E-state index in [4.69, 9.17) is 5.73 Å². The van der Waals surface area contributed by atoms with Crippen LogP contribution in [-0.2, 0) is 0 Å². The minimum Gasteiger partial charge on any atom is -0.396 e. The highest BCUT2D eigenvalue weighted by atomic mass is 19.1. The lowest BCUT2D eigenvalue weighted by Crippen LogP contribution is -2.12. The van der Waals surface area contributed by atoms with Crippen LogP contribution in [0.25, 0.3) is 0 Å². The lowest BCUT2D eigenvalue weighted by molar-refractivity contribution is 0.583. The van der Waals surface area contributed by atoms with Gasteiger partial charge in [0.05, 0.1) is 11.4 Å². The number of nitrogens with two attached hydrogens (primary N) is 1. The Balaban J connectivity index is 2.41. The number of benzene rings is 2. The van der Waals surface area contributed by atoms with Crippen LogP contribution in [0.3, 0.4) is 0 Å². The van der Waals surface area contributed by atoms with Crippen molar-refractivity contribution in [3.63, 3.8) is 0 Å². The Labute approximate surface area is 102 Å². The standard InChI is InChI=1S/C13H11F3N2/c1-18(9-3-4-12(17)10(15)7-9)13-5-2-8(14)6-11(13)16/h2-7H,17H2,1H3. The summed E-state index contributed by atoms with van der Waals surface area (Å²) < 4.78 is 39.7. The molecule has 0 saturated heterocycles. The molecule has 0 radical (unpaired) electrons. The summed E-state index contributed by atoms with van der Waals surface area (Å²) in [4.78, 5) is 1.41. The van der Waals surface area contributed by atoms with Crippen molar-refractivity contribution in [3.8, 4) is 0 Å². The highest BCUT2D eigenvalue weighted by molar-refractivity contribution is 5.65. The molecular weight excluding hydrogens is 241 g/mol. The van der Waals surface area contributed by atoms with Crippen molar-refractivity contribution in [2.24, 2.45) is 0 Å². The van der Waals surface area contributed by atoms with E-state index in [0.717, 1.165) is 12.1 Å². The van der Waals surface area contributed by atoms with E-state index in [2.05, 4.69) is 0 Å². The molecule has 2 rings (SSSR count). The van der Waals surface area contributed by atoms with Gasteiger partial charge in [-0.2, -0.15) is 0 Å². The van der Waals surface area contributed by atoms with Gasteiger partial charge in [0.1, 0.15) is 17.5 Å². The largest absolute Gasteiger partial charge is 0.396 e. The second-order valence-corrected chi connectivity index (χ2v) is 3.86. The highest BCUT2D eigenvalue weighted by Crippen LogP contribution is 2.28. The molecule has 0 fully saturated rings. The predicted octanol–water partition coefficient (Wildman–Crippen LogP) is 3.45. The minimum atomic E-state index is -0.713. The molecule has 18 heavy (non-hydrogen) atoms. The first-order valence-electron chi connectivity index (χ1n) is 5.23. The molecule has 2 nitrogen and oxygen atoms in total. The molecule has 2 N–H and O–H groups in total. The number of halogens is 3. The zero-order valence-electron chi connectivity index (χ0n) is 9.62. The first-order chi connectivity index (χ1) is 8.49. The molecule has 5 heteroatoms. The number of hydrogen-bond donors (Lipinski definition) is 1.